The Morgan fingerprint density at radius 1 is 0.467 bits per heavy atom. The van der Waals surface area contributed by atoms with Gasteiger partial charge >= 0.3 is 34.5 Å². The molecule has 4 heterocycles. The average molecular weight is 558 g/mol. The summed E-state index contributed by atoms with van der Waals surface area (Å²) in [4.78, 5) is 16.7. The van der Waals surface area contributed by atoms with Gasteiger partial charge in [0.05, 0.1) is 22.8 Å². The molecular weight excluding hydrogens is 538 g/mol. The fourth-order valence-electron chi connectivity index (χ4n) is 2.06. The molecule has 0 aromatic carbocycles. The first-order valence-corrected chi connectivity index (χ1v) is 12.1. The zero-order valence-electron chi connectivity index (χ0n) is 15.5. The van der Waals surface area contributed by atoms with Gasteiger partial charge in [0.2, 0.25) is 0 Å². The van der Waals surface area contributed by atoms with Crippen LogP contribution in [0.3, 0.4) is 0 Å². The molecule has 162 valence electrons. The molecule has 0 aliphatic carbocycles. The Balaban J connectivity index is 0. The van der Waals surface area contributed by atoms with Crippen LogP contribution in [0.15, 0.2) is 97.6 Å². The Morgan fingerprint density at radius 3 is 0.800 bits per heavy atom. The summed E-state index contributed by atoms with van der Waals surface area (Å²) in [6, 6.07) is 23.2. The monoisotopic (exact) mass is 556 g/mol. The molecule has 0 unspecified atom stereocenters. The summed E-state index contributed by atoms with van der Waals surface area (Å²) in [5.74, 6) is 0. The number of pyridine rings is 4. The molecule has 30 heavy (non-hydrogen) atoms. The van der Waals surface area contributed by atoms with E-state index in [0.29, 0.717) is 0 Å². The summed E-state index contributed by atoms with van der Waals surface area (Å²) in [5.41, 5.74) is 3.66. The molecule has 6 nitrogen and oxygen atoms in total. The molecule has 0 bridgehead atoms. The molecule has 4 aromatic rings. The Hall–Kier alpha value is -1.99. The van der Waals surface area contributed by atoms with E-state index in [9.17, 15) is 0 Å². The fraction of sp³-hybridized carbons (Fsp3) is 0. The number of hydrogen-bond donors (Lipinski definition) is 0. The zero-order chi connectivity index (χ0) is 19.2. The van der Waals surface area contributed by atoms with E-state index < -0.39 is 0 Å². The smallest absolute Gasteiger partial charge is 0.0886 e. The van der Waals surface area contributed by atoms with E-state index in [1.807, 2.05) is 72.8 Å². The van der Waals surface area contributed by atoms with Crippen molar-refractivity contribution < 1.29 is 38.5 Å². The second kappa shape index (κ2) is 19.0. The number of aromatic nitrogens is 4. The van der Waals surface area contributed by atoms with Gasteiger partial charge in [0.25, 0.3) is 0 Å². The molecule has 0 saturated heterocycles. The van der Waals surface area contributed by atoms with E-state index in [2.05, 4.69) is 19.9 Å². The molecule has 10 heteroatoms. The summed E-state index contributed by atoms with van der Waals surface area (Å²) in [7, 11) is 9.67. The minimum absolute atomic E-state index is 0. The molecular formula is C20H20Cl3N4O2Rh. The Kier molecular flexibility index (Phi) is 19.1. The average Bonchev–Trinajstić information content (AvgIpc) is 2.77. The third-order valence-corrected chi connectivity index (χ3v) is 3.18. The maximum atomic E-state index is 4.83. The molecule has 4 N–H and O–H groups in total. The molecule has 0 aliphatic heterocycles. The van der Waals surface area contributed by atoms with Gasteiger partial charge in [-0.3, -0.25) is 19.9 Å². The van der Waals surface area contributed by atoms with Crippen LogP contribution in [-0.4, -0.2) is 30.9 Å². The van der Waals surface area contributed by atoms with Crippen LogP contribution in [0.2, 0.25) is 0 Å². The first kappa shape index (κ1) is 30.2. The minimum Gasteiger partial charge on any atom is -0.255 e. The Bertz CT molecular complexity index is 731. The van der Waals surface area contributed by atoms with Crippen LogP contribution in [0.4, 0.5) is 0 Å². The van der Waals surface area contributed by atoms with Crippen LogP contribution in [0.25, 0.3) is 22.8 Å². The number of halogens is 3. The Labute approximate surface area is 197 Å². The third-order valence-electron chi connectivity index (χ3n) is 3.18. The van der Waals surface area contributed by atoms with Crippen molar-refractivity contribution in [2.45, 2.75) is 0 Å². The Morgan fingerprint density at radius 2 is 0.667 bits per heavy atom. The van der Waals surface area contributed by atoms with Crippen LogP contribution in [-0.2, 0) is 15.1 Å². The van der Waals surface area contributed by atoms with Crippen LogP contribution in [0, 0.1) is 0 Å². The molecule has 0 atom stereocenters. The van der Waals surface area contributed by atoms with Gasteiger partial charge < -0.3 is 23.4 Å². The quantitative estimate of drug-likeness (QED) is 0.342. The van der Waals surface area contributed by atoms with Crippen LogP contribution < -0.4 is 12.4 Å². The van der Waals surface area contributed by atoms with E-state index in [1.165, 1.54) is 0 Å². The van der Waals surface area contributed by atoms with E-state index >= 15 is 0 Å². The normalized spacial score (nSPS) is 8.47. The molecule has 4 rings (SSSR count). The van der Waals surface area contributed by atoms with Gasteiger partial charge in [-0.1, -0.05) is 24.3 Å². The second-order valence-corrected chi connectivity index (χ2v) is 7.40. The van der Waals surface area contributed by atoms with E-state index in [-0.39, 0.29) is 38.5 Å². The largest absolute Gasteiger partial charge is 0.255 e. The van der Waals surface area contributed by atoms with Crippen LogP contribution in [0.1, 0.15) is 0 Å². The van der Waals surface area contributed by atoms with Crippen molar-refractivity contribution in [3.8, 4) is 22.8 Å². The topological polar surface area (TPSA) is 115 Å². The predicted octanol–water partition coefficient (Wildman–Crippen LogP) is 1.02. The van der Waals surface area contributed by atoms with Crippen molar-refractivity contribution in [2.75, 3.05) is 0 Å². The molecule has 0 aliphatic rings. The zero-order valence-corrected chi connectivity index (χ0v) is 19.4. The fourth-order valence-corrected chi connectivity index (χ4v) is 2.06. The number of nitrogens with zero attached hydrogens (tertiary/aromatic N) is 4. The summed E-state index contributed by atoms with van der Waals surface area (Å²) >= 11 is -0.226. The third kappa shape index (κ3) is 11.3. The summed E-state index contributed by atoms with van der Waals surface area (Å²) in [5, 5.41) is 0. The number of hydrogen-bond acceptors (Lipinski definition) is 4. The SMILES string of the molecule is O.O.[Cl-].[Cl][Rh+][Cl].c1ccc(-c2ccccn2)nc1.c1ccc(-c2ccccn2)nc1. The van der Waals surface area contributed by atoms with Crippen molar-refractivity contribution in [3.63, 3.8) is 0 Å². The van der Waals surface area contributed by atoms with Crippen molar-refractivity contribution in [3.05, 3.63) is 97.6 Å². The van der Waals surface area contributed by atoms with Gasteiger partial charge in [-0.2, -0.15) is 0 Å². The van der Waals surface area contributed by atoms with Crippen molar-refractivity contribution in [1.82, 2.24) is 19.9 Å². The van der Waals surface area contributed by atoms with Crippen LogP contribution >= 0.6 is 19.4 Å². The predicted molar refractivity (Wildman–Crippen MR) is 114 cm³/mol. The molecule has 0 spiro atoms. The summed E-state index contributed by atoms with van der Waals surface area (Å²) < 4.78 is 0. The van der Waals surface area contributed by atoms with Crippen molar-refractivity contribution >= 4 is 19.4 Å². The maximum Gasteiger partial charge on any atom is 0.0886 e. The van der Waals surface area contributed by atoms with Crippen LogP contribution in [0.5, 0.6) is 0 Å². The van der Waals surface area contributed by atoms with Gasteiger partial charge in [0.15, 0.2) is 0 Å². The van der Waals surface area contributed by atoms with Gasteiger partial charge in [-0.15, -0.1) is 0 Å². The van der Waals surface area contributed by atoms with Gasteiger partial charge in [-0.25, -0.2) is 0 Å². The molecule has 0 amide bonds. The van der Waals surface area contributed by atoms with Crippen molar-refractivity contribution in [2.24, 2.45) is 0 Å². The minimum atomic E-state index is -0.226. The first-order chi connectivity index (χ1) is 13.3. The van der Waals surface area contributed by atoms with E-state index in [1.54, 1.807) is 24.8 Å². The molecule has 0 fully saturated rings. The van der Waals surface area contributed by atoms with Gasteiger partial charge in [0, 0.05) is 24.8 Å². The van der Waals surface area contributed by atoms with E-state index in [0.717, 1.165) is 22.8 Å². The second-order valence-electron chi connectivity index (χ2n) is 4.91. The molecule has 4 aromatic heterocycles. The summed E-state index contributed by atoms with van der Waals surface area (Å²) in [6.45, 7) is 0. The van der Waals surface area contributed by atoms with Crippen molar-refractivity contribution in [1.29, 1.82) is 0 Å². The molecule has 0 saturated carbocycles. The molecule has 0 radical (unpaired) electrons. The first-order valence-electron chi connectivity index (χ1n) is 7.83. The standard InChI is InChI=1S/2C10H8N2.3ClH.2H2O.Rh/c2*1-3-7-11-9(5-1)10-6-2-4-8-12-10;;;;;;/h2*1-8H;3*1H;2*1H2;/q;;;;;;;+3/p-3. The van der Waals surface area contributed by atoms with E-state index in [4.69, 9.17) is 19.4 Å². The van der Waals surface area contributed by atoms with Gasteiger partial charge in [-0.05, 0) is 48.5 Å². The summed E-state index contributed by atoms with van der Waals surface area (Å²) in [6.07, 6.45) is 7.07. The van der Waals surface area contributed by atoms with Gasteiger partial charge in [0.1, 0.15) is 0 Å². The number of rotatable bonds is 2. The maximum absolute atomic E-state index is 4.83.